The molecule has 10 nitrogen and oxygen atoms in total. The molecule has 0 aliphatic carbocycles. The second kappa shape index (κ2) is 8.45. The summed E-state index contributed by atoms with van der Waals surface area (Å²) in [6.45, 7) is 1.73. The molecule has 0 aliphatic heterocycles. The van der Waals surface area contributed by atoms with E-state index in [2.05, 4.69) is 19.9 Å². The van der Waals surface area contributed by atoms with Gasteiger partial charge in [-0.3, -0.25) is 5.10 Å². The van der Waals surface area contributed by atoms with Crippen LogP contribution in [-0.2, 0) is 21.8 Å². The van der Waals surface area contributed by atoms with Gasteiger partial charge in [-0.15, -0.1) is 0 Å². The van der Waals surface area contributed by atoms with E-state index in [4.69, 9.17) is 9.47 Å². The minimum absolute atomic E-state index is 0.105. The number of sulfonamides is 1. The lowest BCUT2D eigenvalue weighted by atomic mass is 10.1. The maximum Gasteiger partial charge on any atom is 0.342 e. The van der Waals surface area contributed by atoms with E-state index < -0.39 is 22.0 Å². The van der Waals surface area contributed by atoms with E-state index in [0.29, 0.717) is 17.1 Å². The molecule has 3 aromatic rings. The maximum absolute atomic E-state index is 13.1. The summed E-state index contributed by atoms with van der Waals surface area (Å²) in [6.07, 6.45) is 4.38. The molecule has 0 saturated heterocycles. The number of aryl methyl sites for hydroxylation is 1. The molecule has 1 atom stereocenters. The van der Waals surface area contributed by atoms with E-state index in [1.807, 2.05) is 0 Å². The van der Waals surface area contributed by atoms with Crippen molar-refractivity contribution in [3.63, 3.8) is 0 Å². The first-order valence-electron chi connectivity index (χ1n) is 8.72. The number of methoxy groups -OCH3 is 1. The van der Waals surface area contributed by atoms with Gasteiger partial charge in [0.1, 0.15) is 23.2 Å². The molecule has 11 heteroatoms. The van der Waals surface area contributed by atoms with Crippen LogP contribution in [0.3, 0.4) is 0 Å². The van der Waals surface area contributed by atoms with Gasteiger partial charge in [0.25, 0.3) is 10.0 Å². The lowest BCUT2D eigenvalue weighted by molar-refractivity contribution is 0.0522. The van der Waals surface area contributed by atoms with Crippen molar-refractivity contribution in [1.82, 2.24) is 24.5 Å². The highest BCUT2D eigenvalue weighted by Gasteiger charge is 2.32. The molecule has 0 fully saturated rings. The lowest BCUT2D eigenvalue weighted by Gasteiger charge is -2.21. The number of hydrogen-bond donors (Lipinski definition) is 2. The SMILES string of the molecule is CCOC(=O)c1cn[nH]c1S(=O)(=O)NC(c1ccccc1OC)c1nccn1C. The predicted octanol–water partition coefficient (Wildman–Crippen LogP) is 1.40. The molecule has 0 aliphatic rings. The quantitative estimate of drug-likeness (QED) is 0.528. The fraction of sp³-hybridized carbons (Fsp3) is 0.278. The molecule has 154 valence electrons. The second-order valence-electron chi connectivity index (χ2n) is 6.03. The molecule has 2 N–H and O–H groups in total. The number of benzene rings is 1. The molecule has 0 amide bonds. The first-order chi connectivity index (χ1) is 13.9. The van der Waals surface area contributed by atoms with Crippen molar-refractivity contribution in [1.29, 1.82) is 0 Å². The molecule has 3 rings (SSSR count). The summed E-state index contributed by atoms with van der Waals surface area (Å²) in [7, 11) is -0.958. The summed E-state index contributed by atoms with van der Waals surface area (Å²) >= 11 is 0. The van der Waals surface area contributed by atoms with Crippen LogP contribution in [0.15, 0.2) is 47.9 Å². The zero-order chi connectivity index (χ0) is 21.0. The van der Waals surface area contributed by atoms with E-state index in [9.17, 15) is 13.2 Å². The van der Waals surface area contributed by atoms with Crippen molar-refractivity contribution in [2.45, 2.75) is 18.0 Å². The smallest absolute Gasteiger partial charge is 0.342 e. The van der Waals surface area contributed by atoms with E-state index in [1.165, 1.54) is 7.11 Å². The zero-order valence-electron chi connectivity index (χ0n) is 16.1. The van der Waals surface area contributed by atoms with E-state index >= 15 is 0 Å². The number of hydrogen-bond acceptors (Lipinski definition) is 7. The average Bonchev–Trinajstić information content (AvgIpc) is 3.36. The molecule has 0 bridgehead atoms. The number of nitrogens with one attached hydrogen (secondary N) is 2. The number of ether oxygens (including phenoxy) is 2. The Kier molecular flexibility index (Phi) is 5.99. The third-order valence-corrected chi connectivity index (χ3v) is 5.60. The third-order valence-electron chi connectivity index (χ3n) is 4.21. The average molecular weight is 419 g/mol. The van der Waals surface area contributed by atoms with Crippen molar-refractivity contribution >= 4 is 16.0 Å². The van der Waals surface area contributed by atoms with Gasteiger partial charge in [-0.2, -0.15) is 9.82 Å². The van der Waals surface area contributed by atoms with Crippen LogP contribution in [0.1, 0.15) is 34.7 Å². The minimum atomic E-state index is -4.20. The van der Waals surface area contributed by atoms with Gasteiger partial charge in [-0.1, -0.05) is 18.2 Å². The molecule has 2 aromatic heterocycles. The highest BCUT2D eigenvalue weighted by molar-refractivity contribution is 7.89. The summed E-state index contributed by atoms with van der Waals surface area (Å²) in [4.78, 5) is 16.4. The summed E-state index contributed by atoms with van der Waals surface area (Å²) < 4.78 is 40.9. The number of aromatic amines is 1. The molecule has 0 radical (unpaired) electrons. The second-order valence-corrected chi connectivity index (χ2v) is 7.68. The monoisotopic (exact) mass is 419 g/mol. The number of rotatable bonds is 8. The van der Waals surface area contributed by atoms with Crippen molar-refractivity contribution in [2.24, 2.45) is 7.05 Å². The van der Waals surface area contributed by atoms with Gasteiger partial charge in [0, 0.05) is 25.0 Å². The Morgan fingerprint density at radius 3 is 2.76 bits per heavy atom. The van der Waals surface area contributed by atoms with Gasteiger partial charge in [-0.25, -0.2) is 18.2 Å². The molecular weight excluding hydrogens is 398 g/mol. The highest BCUT2D eigenvalue weighted by atomic mass is 32.2. The normalized spacial score (nSPS) is 12.5. The molecular formula is C18H21N5O5S. The predicted molar refractivity (Wildman–Crippen MR) is 103 cm³/mol. The van der Waals surface area contributed by atoms with Crippen LogP contribution >= 0.6 is 0 Å². The topological polar surface area (TPSA) is 128 Å². The van der Waals surface area contributed by atoms with Crippen LogP contribution in [-0.4, -0.2) is 47.9 Å². The minimum Gasteiger partial charge on any atom is -0.496 e. The van der Waals surface area contributed by atoms with Crippen molar-refractivity contribution in [3.05, 3.63) is 59.8 Å². The van der Waals surface area contributed by atoms with Crippen LogP contribution in [0, 0.1) is 0 Å². The van der Waals surface area contributed by atoms with Crippen LogP contribution in [0.4, 0.5) is 0 Å². The van der Waals surface area contributed by atoms with Crippen LogP contribution in [0.2, 0.25) is 0 Å². The molecule has 1 unspecified atom stereocenters. The van der Waals surface area contributed by atoms with E-state index in [-0.39, 0.29) is 17.2 Å². The Hall–Kier alpha value is -3.18. The van der Waals surface area contributed by atoms with Crippen molar-refractivity contribution in [3.8, 4) is 5.75 Å². The number of imidazole rings is 1. The number of aromatic nitrogens is 4. The zero-order valence-corrected chi connectivity index (χ0v) is 16.9. The van der Waals surface area contributed by atoms with Gasteiger partial charge < -0.3 is 14.0 Å². The first kappa shape index (κ1) is 20.6. The van der Waals surface area contributed by atoms with Gasteiger partial charge in [-0.05, 0) is 13.0 Å². The van der Waals surface area contributed by atoms with E-state index in [0.717, 1.165) is 6.20 Å². The first-order valence-corrected chi connectivity index (χ1v) is 10.2. The molecule has 0 spiro atoms. The number of carbonyl (C=O) groups excluding carboxylic acids is 1. The van der Waals surface area contributed by atoms with Crippen LogP contribution in [0.5, 0.6) is 5.75 Å². The molecule has 2 heterocycles. The van der Waals surface area contributed by atoms with Gasteiger partial charge >= 0.3 is 5.97 Å². The van der Waals surface area contributed by atoms with Crippen LogP contribution in [0.25, 0.3) is 0 Å². The molecule has 1 aromatic carbocycles. The standard InChI is InChI=1S/C18H21N5O5S/c1-4-28-18(24)13-11-20-21-17(13)29(25,26)22-15(16-19-9-10-23(16)2)12-7-5-6-8-14(12)27-3/h5-11,15,22H,4H2,1-3H3,(H,20,21). The number of para-hydroxylation sites is 1. The largest absolute Gasteiger partial charge is 0.496 e. The van der Waals surface area contributed by atoms with Gasteiger partial charge in [0.15, 0.2) is 5.03 Å². The number of H-pyrrole nitrogens is 1. The van der Waals surface area contributed by atoms with Gasteiger partial charge in [0.2, 0.25) is 0 Å². The summed E-state index contributed by atoms with van der Waals surface area (Å²) in [5, 5.41) is 5.68. The maximum atomic E-state index is 13.1. The Bertz CT molecular complexity index is 1110. The van der Waals surface area contributed by atoms with Gasteiger partial charge in [0.05, 0.1) is 19.9 Å². The fourth-order valence-corrected chi connectivity index (χ4v) is 4.12. The summed E-state index contributed by atoms with van der Waals surface area (Å²) in [6, 6.07) is 6.12. The van der Waals surface area contributed by atoms with Crippen molar-refractivity contribution < 1.29 is 22.7 Å². The highest BCUT2D eigenvalue weighted by Crippen LogP contribution is 2.30. The lowest BCUT2D eigenvalue weighted by Crippen LogP contribution is -2.32. The number of carbonyl (C=O) groups is 1. The summed E-state index contributed by atoms with van der Waals surface area (Å²) in [5.74, 6) is 0.140. The Morgan fingerprint density at radius 2 is 2.10 bits per heavy atom. The van der Waals surface area contributed by atoms with Crippen LogP contribution < -0.4 is 9.46 Å². The Labute approximate surface area is 167 Å². The fourth-order valence-electron chi connectivity index (χ4n) is 2.86. The molecule has 29 heavy (non-hydrogen) atoms. The Balaban J connectivity index is 2.06. The van der Waals surface area contributed by atoms with Crippen molar-refractivity contribution in [2.75, 3.05) is 13.7 Å². The van der Waals surface area contributed by atoms with E-state index in [1.54, 1.807) is 55.2 Å². The third kappa shape index (κ3) is 4.15. The summed E-state index contributed by atoms with van der Waals surface area (Å²) in [5.41, 5.74) is 0.378. The Morgan fingerprint density at radius 1 is 1.34 bits per heavy atom. The number of esters is 1. The number of nitrogens with zero attached hydrogens (tertiary/aromatic N) is 3. The molecule has 0 saturated carbocycles.